The van der Waals surface area contributed by atoms with Crippen LogP contribution >= 0.6 is 11.3 Å². The largest absolute Gasteiger partial charge is 0.497 e. The van der Waals surface area contributed by atoms with Crippen LogP contribution in [0.3, 0.4) is 0 Å². The van der Waals surface area contributed by atoms with E-state index in [4.69, 9.17) is 4.74 Å². The van der Waals surface area contributed by atoms with Gasteiger partial charge in [-0.3, -0.25) is 4.79 Å². The van der Waals surface area contributed by atoms with Crippen molar-refractivity contribution in [2.75, 3.05) is 30.4 Å². The van der Waals surface area contributed by atoms with E-state index in [0.717, 1.165) is 37.9 Å². The van der Waals surface area contributed by atoms with E-state index in [-0.39, 0.29) is 11.8 Å². The molecule has 6 heteroatoms. The Morgan fingerprint density at radius 3 is 2.56 bits per heavy atom. The fraction of sp³-hybridized carbons (Fsp3) is 0.333. The van der Waals surface area contributed by atoms with Crippen molar-refractivity contribution in [1.29, 1.82) is 0 Å². The molecule has 5 nitrogen and oxygen atoms in total. The van der Waals surface area contributed by atoms with Crippen LogP contribution in [-0.4, -0.2) is 31.1 Å². The third-order valence-electron chi connectivity index (χ3n) is 5.03. The summed E-state index contributed by atoms with van der Waals surface area (Å²) < 4.78 is 6.38. The number of ether oxygens (including phenoxy) is 1. The summed E-state index contributed by atoms with van der Waals surface area (Å²) >= 11 is 1.64. The van der Waals surface area contributed by atoms with Gasteiger partial charge in [0.2, 0.25) is 5.91 Å². The minimum absolute atomic E-state index is 0.00773. The molecular formula is C21H23N3O2S. The molecule has 0 unspecified atom stereocenters. The summed E-state index contributed by atoms with van der Waals surface area (Å²) in [6, 6.07) is 10.1. The molecule has 1 N–H and O–H groups in total. The van der Waals surface area contributed by atoms with Gasteiger partial charge in [-0.25, -0.2) is 4.98 Å². The van der Waals surface area contributed by atoms with Crippen molar-refractivity contribution >= 4 is 38.3 Å². The molecule has 1 amide bonds. The van der Waals surface area contributed by atoms with Crippen LogP contribution in [0.25, 0.3) is 10.2 Å². The Balaban J connectivity index is 1.43. The number of fused-ring (bicyclic) bond motifs is 1. The summed E-state index contributed by atoms with van der Waals surface area (Å²) in [5.41, 5.74) is 5.34. The van der Waals surface area contributed by atoms with Crippen LogP contribution in [0.1, 0.15) is 16.7 Å². The molecule has 27 heavy (non-hydrogen) atoms. The van der Waals surface area contributed by atoms with Gasteiger partial charge in [-0.1, -0.05) is 29.0 Å². The summed E-state index contributed by atoms with van der Waals surface area (Å²) in [5, 5.41) is 4.09. The van der Waals surface area contributed by atoms with Gasteiger partial charge in [-0.05, 0) is 50.1 Å². The molecule has 0 spiro atoms. The van der Waals surface area contributed by atoms with Crippen LogP contribution in [0.2, 0.25) is 0 Å². The molecule has 3 aromatic rings. The monoisotopic (exact) mass is 381 g/mol. The minimum atomic E-state index is -0.00773. The van der Waals surface area contributed by atoms with Crippen LogP contribution < -0.4 is 15.0 Å². The number of rotatable bonds is 4. The number of carbonyl (C=O) groups excluding carboxylic acids is 1. The minimum Gasteiger partial charge on any atom is -0.497 e. The van der Waals surface area contributed by atoms with Crippen molar-refractivity contribution in [3.63, 3.8) is 0 Å². The Hall–Kier alpha value is -2.60. The van der Waals surface area contributed by atoms with Gasteiger partial charge in [-0.2, -0.15) is 0 Å². The number of carbonyl (C=O) groups is 1. The molecule has 2 heterocycles. The van der Waals surface area contributed by atoms with Gasteiger partial charge in [0, 0.05) is 18.8 Å². The number of amides is 1. The normalized spacial score (nSPS) is 14.3. The third kappa shape index (κ3) is 3.37. The second kappa shape index (κ2) is 6.85. The molecule has 4 rings (SSSR count). The van der Waals surface area contributed by atoms with E-state index in [1.165, 1.54) is 5.56 Å². The number of benzene rings is 2. The number of aryl methyl sites for hydroxylation is 3. The maximum Gasteiger partial charge on any atom is 0.231 e. The standard InChI is InChI=1S/C21H23N3O2S/c1-12-7-13(2)19(14(3)8-12)23-20(25)15-10-24(11-15)21-22-17-6-5-16(26-4)9-18(17)27-21/h5-9,15H,10-11H2,1-4H3,(H,23,25). The zero-order chi connectivity index (χ0) is 19.1. The molecule has 0 bridgehead atoms. The number of methoxy groups -OCH3 is 1. The van der Waals surface area contributed by atoms with E-state index in [0.29, 0.717) is 13.1 Å². The second-order valence-electron chi connectivity index (χ2n) is 7.19. The SMILES string of the molecule is COc1ccc2nc(N3CC(C(=O)Nc4c(C)cc(C)cc4C)C3)sc2c1. The van der Waals surface area contributed by atoms with Crippen molar-refractivity contribution in [2.24, 2.45) is 5.92 Å². The fourth-order valence-electron chi connectivity index (χ4n) is 3.56. The van der Waals surface area contributed by atoms with Crippen molar-refractivity contribution in [1.82, 2.24) is 4.98 Å². The number of hydrogen-bond donors (Lipinski definition) is 1. The Bertz CT molecular complexity index is 998. The molecule has 1 aliphatic heterocycles. The predicted molar refractivity (Wildman–Crippen MR) is 111 cm³/mol. The van der Waals surface area contributed by atoms with Gasteiger partial charge < -0.3 is 15.0 Å². The molecule has 0 saturated carbocycles. The molecule has 0 radical (unpaired) electrons. The van der Waals surface area contributed by atoms with E-state index >= 15 is 0 Å². The van der Waals surface area contributed by atoms with Gasteiger partial charge in [0.25, 0.3) is 0 Å². The highest BCUT2D eigenvalue weighted by Gasteiger charge is 2.34. The first-order valence-electron chi connectivity index (χ1n) is 9.03. The third-order valence-corrected chi connectivity index (χ3v) is 6.11. The lowest BCUT2D eigenvalue weighted by atomic mass is 9.98. The first kappa shape index (κ1) is 17.8. The zero-order valence-electron chi connectivity index (χ0n) is 16.0. The van der Waals surface area contributed by atoms with Crippen LogP contribution in [0.5, 0.6) is 5.75 Å². The van der Waals surface area contributed by atoms with E-state index in [1.54, 1.807) is 18.4 Å². The topological polar surface area (TPSA) is 54.5 Å². The van der Waals surface area contributed by atoms with Crippen molar-refractivity contribution in [3.8, 4) is 5.75 Å². The summed E-state index contributed by atoms with van der Waals surface area (Å²) in [6.45, 7) is 7.55. The van der Waals surface area contributed by atoms with Crippen LogP contribution in [-0.2, 0) is 4.79 Å². The highest BCUT2D eigenvalue weighted by Crippen LogP contribution is 2.35. The number of nitrogens with one attached hydrogen (secondary N) is 1. The fourth-order valence-corrected chi connectivity index (χ4v) is 4.57. The van der Waals surface area contributed by atoms with Crippen molar-refractivity contribution in [3.05, 3.63) is 47.0 Å². The zero-order valence-corrected chi connectivity index (χ0v) is 16.8. The van der Waals surface area contributed by atoms with Crippen LogP contribution in [0.4, 0.5) is 10.8 Å². The van der Waals surface area contributed by atoms with Gasteiger partial charge >= 0.3 is 0 Å². The lowest BCUT2D eigenvalue weighted by molar-refractivity contribution is -0.120. The summed E-state index contributed by atoms with van der Waals surface area (Å²) in [4.78, 5) is 19.5. The molecule has 140 valence electrons. The van der Waals surface area contributed by atoms with E-state index < -0.39 is 0 Å². The molecule has 1 fully saturated rings. The average molecular weight is 382 g/mol. The maximum atomic E-state index is 12.6. The highest BCUT2D eigenvalue weighted by atomic mass is 32.1. The quantitative estimate of drug-likeness (QED) is 0.732. The number of hydrogen-bond acceptors (Lipinski definition) is 5. The Labute approximate surface area is 163 Å². The van der Waals surface area contributed by atoms with Gasteiger partial charge in [0.05, 0.1) is 23.2 Å². The number of anilines is 2. The molecule has 2 aromatic carbocycles. The van der Waals surface area contributed by atoms with Gasteiger partial charge in [0.15, 0.2) is 5.13 Å². The molecule has 0 aliphatic carbocycles. The molecule has 1 aliphatic rings. The first-order chi connectivity index (χ1) is 12.9. The number of thiazole rings is 1. The van der Waals surface area contributed by atoms with Gasteiger partial charge in [0.1, 0.15) is 5.75 Å². The van der Waals surface area contributed by atoms with E-state index in [2.05, 4.69) is 34.3 Å². The highest BCUT2D eigenvalue weighted by molar-refractivity contribution is 7.22. The predicted octanol–water partition coefficient (Wildman–Crippen LogP) is 4.31. The average Bonchev–Trinajstić information content (AvgIpc) is 2.99. The summed E-state index contributed by atoms with van der Waals surface area (Å²) in [5.74, 6) is 0.915. The van der Waals surface area contributed by atoms with Gasteiger partial charge in [-0.15, -0.1) is 0 Å². The molecule has 0 atom stereocenters. The molecule has 1 saturated heterocycles. The maximum absolute atomic E-state index is 12.6. The molecular weight excluding hydrogens is 358 g/mol. The Morgan fingerprint density at radius 2 is 1.89 bits per heavy atom. The lowest BCUT2D eigenvalue weighted by Gasteiger charge is -2.38. The second-order valence-corrected chi connectivity index (χ2v) is 8.20. The Kier molecular flexibility index (Phi) is 4.52. The van der Waals surface area contributed by atoms with E-state index in [1.807, 2.05) is 32.0 Å². The smallest absolute Gasteiger partial charge is 0.231 e. The van der Waals surface area contributed by atoms with Crippen molar-refractivity contribution in [2.45, 2.75) is 20.8 Å². The Morgan fingerprint density at radius 1 is 1.19 bits per heavy atom. The van der Waals surface area contributed by atoms with Crippen LogP contribution in [0.15, 0.2) is 30.3 Å². The number of aromatic nitrogens is 1. The van der Waals surface area contributed by atoms with Crippen molar-refractivity contribution < 1.29 is 9.53 Å². The number of nitrogens with zero attached hydrogens (tertiary/aromatic N) is 2. The lowest BCUT2D eigenvalue weighted by Crippen LogP contribution is -2.52. The summed E-state index contributed by atoms with van der Waals surface area (Å²) in [7, 11) is 1.67. The summed E-state index contributed by atoms with van der Waals surface area (Å²) in [6.07, 6.45) is 0. The molecule has 1 aromatic heterocycles. The first-order valence-corrected chi connectivity index (χ1v) is 9.84. The van der Waals surface area contributed by atoms with E-state index in [9.17, 15) is 4.79 Å². The van der Waals surface area contributed by atoms with Crippen LogP contribution in [0, 0.1) is 26.7 Å².